The maximum atomic E-state index is 12.9. The van der Waals surface area contributed by atoms with Crippen molar-refractivity contribution in [3.05, 3.63) is 53.5 Å². The number of hydrogen-bond acceptors (Lipinski definition) is 3. The number of pyridine rings is 1. The van der Waals surface area contributed by atoms with Gasteiger partial charge in [-0.2, -0.15) is 13.2 Å². The Balaban J connectivity index is 2.14. The Morgan fingerprint density at radius 2 is 1.79 bits per heavy atom. The normalized spacial score (nSPS) is 11.9. The monoisotopic (exact) mass is 397 g/mol. The molecule has 3 rings (SSSR count). The predicted molar refractivity (Wildman–Crippen MR) is 86.7 cm³/mol. The quantitative estimate of drug-likeness (QED) is 0.488. The highest BCUT2D eigenvalue weighted by Crippen LogP contribution is 2.30. The van der Waals surface area contributed by atoms with Crippen LogP contribution < -0.4 is 0 Å². The van der Waals surface area contributed by atoms with E-state index in [1.807, 2.05) is 0 Å². The summed E-state index contributed by atoms with van der Waals surface area (Å²) in [6, 6.07) is 8.78. The number of aryl methyl sites for hydroxylation is 1. The third-order valence-electron chi connectivity index (χ3n) is 3.53. The van der Waals surface area contributed by atoms with Crippen LogP contribution in [0.2, 0.25) is 0 Å². The van der Waals surface area contributed by atoms with Gasteiger partial charge in [-0.3, -0.25) is 9.36 Å². The predicted octanol–water partition coefficient (Wildman–Crippen LogP) is 4.33. The molecule has 0 bridgehead atoms. The highest BCUT2D eigenvalue weighted by Gasteiger charge is 2.33. The van der Waals surface area contributed by atoms with E-state index in [0.29, 0.717) is 22.6 Å². The second-order valence-corrected chi connectivity index (χ2v) is 5.70. The van der Waals surface area contributed by atoms with Crippen molar-refractivity contribution in [3.63, 3.8) is 0 Å². The number of imidazole rings is 1. The first kappa shape index (κ1) is 16.6. The minimum absolute atomic E-state index is 0.0776. The van der Waals surface area contributed by atoms with Crippen molar-refractivity contribution in [2.75, 3.05) is 5.33 Å². The molecule has 24 heavy (non-hydrogen) atoms. The van der Waals surface area contributed by atoms with Crippen LogP contribution in [0, 0.1) is 6.92 Å². The van der Waals surface area contributed by atoms with Crippen molar-refractivity contribution in [2.45, 2.75) is 13.1 Å². The van der Waals surface area contributed by atoms with Crippen molar-refractivity contribution in [1.82, 2.24) is 14.5 Å². The number of ketones is 1. The van der Waals surface area contributed by atoms with Gasteiger partial charge in [0.15, 0.2) is 11.4 Å². The van der Waals surface area contributed by atoms with Gasteiger partial charge in [0.05, 0.1) is 5.33 Å². The van der Waals surface area contributed by atoms with E-state index in [0.717, 1.165) is 6.07 Å². The topological polar surface area (TPSA) is 47.8 Å². The molecular formula is C16H11BrF3N3O. The molecule has 0 fully saturated rings. The van der Waals surface area contributed by atoms with Gasteiger partial charge in [0, 0.05) is 11.3 Å². The summed E-state index contributed by atoms with van der Waals surface area (Å²) in [5.41, 5.74) is 0.639. The minimum atomic E-state index is -4.52. The lowest BCUT2D eigenvalue weighted by Crippen LogP contribution is -2.09. The van der Waals surface area contributed by atoms with E-state index < -0.39 is 11.9 Å². The van der Waals surface area contributed by atoms with Gasteiger partial charge in [0.25, 0.3) is 0 Å². The lowest BCUT2D eigenvalue weighted by Gasteiger charge is -2.09. The second kappa shape index (κ2) is 6.01. The van der Waals surface area contributed by atoms with E-state index in [9.17, 15) is 18.0 Å². The molecule has 2 aromatic heterocycles. The maximum absolute atomic E-state index is 12.9. The standard InChI is InChI=1S/C16H11BrF3N3O/c1-9-21-12-6-7-14(16(18,19)20)22-15(12)23(9)11-4-2-10(3-5-11)13(24)8-17/h2-7H,8H2,1H3. The molecule has 4 nitrogen and oxygen atoms in total. The Kier molecular flexibility index (Phi) is 4.16. The van der Waals surface area contributed by atoms with Crippen molar-refractivity contribution < 1.29 is 18.0 Å². The van der Waals surface area contributed by atoms with Gasteiger partial charge in [-0.05, 0) is 43.3 Å². The summed E-state index contributed by atoms with van der Waals surface area (Å²) in [5.74, 6) is 0.433. The van der Waals surface area contributed by atoms with Crippen LogP contribution in [-0.2, 0) is 6.18 Å². The number of aromatic nitrogens is 3. The van der Waals surface area contributed by atoms with E-state index in [4.69, 9.17) is 0 Å². The summed E-state index contributed by atoms with van der Waals surface area (Å²) in [6.45, 7) is 1.69. The molecule has 0 radical (unpaired) electrons. The van der Waals surface area contributed by atoms with E-state index in [2.05, 4.69) is 25.9 Å². The number of rotatable bonds is 3. The molecule has 2 heterocycles. The van der Waals surface area contributed by atoms with Crippen LogP contribution in [0.3, 0.4) is 0 Å². The van der Waals surface area contributed by atoms with Gasteiger partial charge in [0.2, 0.25) is 0 Å². The Hall–Kier alpha value is -2.22. The molecule has 0 aliphatic carbocycles. The van der Waals surface area contributed by atoms with Gasteiger partial charge in [-0.25, -0.2) is 9.97 Å². The van der Waals surface area contributed by atoms with Crippen molar-refractivity contribution in [3.8, 4) is 5.69 Å². The van der Waals surface area contributed by atoms with Crippen molar-refractivity contribution in [2.24, 2.45) is 0 Å². The largest absolute Gasteiger partial charge is 0.433 e. The number of halogens is 4. The van der Waals surface area contributed by atoms with Crippen LogP contribution in [0.5, 0.6) is 0 Å². The Labute approximate surface area is 143 Å². The molecule has 0 aliphatic rings. The van der Waals surface area contributed by atoms with E-state index in [-0.39, 0.29) is 16.8 Å². The number of hydrogen-bond donors (Lipinski definition) is 0. The Morgan fingerprint density at radius 3 is 2.38 bits per heavy atom. The summed E-state index contributed by atoms with van der Waals surface area (Å²) < 4.78 is 40.2. The van der Waals surface area contributed by atoms with Crippen molar-refractivity contribution in [1.29, 1.82) is 0 Å². The smallest absolute Gasteiger partial charge is 0.293 e. The SMILES string of the molecule is Cc1nc2ccc(C(F)(F)F)nc2n1-c1ccc(C(=O)CBr)cc1. The van der Waals surface area contributed by atoms with Crippen LogP contribution in [0.4, 0.5) is 13.2 Å². The van der Waals surface area contributed by atoms with Crippen LogP contribution in [0.1, 0.15) is 21.9 Å². The lowest BCUT2D eigenvalue weighted by atomic mass is 10.1. The van der Waals surface area contributed by atoms with Gasteiger partial charge in [-0.1, -0.05) is 15.9 Å². The first-order valence-corrected chi connectivity index (χ1v) is 8.06. The summed E-state index contributed by atoms with van der Waals surface area (Å²) >= 11 is 3.10. The number of nitrogens with zero attached hydrogens (tertiary/aromatic N) is 3. The molecule has 0 aliphatic heterocycles. The van der Waals surface area contributed by atoms with Gasteiger partial charge in [-0.15, -0.1) is 0 Å². The van der Waals surface area contributed by atoms with Crippen molar-refractivity contribution >= 4 is 32.9 Å². The zero-order chi connectivity index (χ0) is 17.5. The van der Waals surface area contributed by atoms with E-state index in [1.165, 1.54) is 10.6 Å². The third-order valence-corrected chi connectivity index (χ3v) is 4.04. The molecule has 0 spiro atoms. The number of carbonyl (C=O) groups is 1. The van der Waals surface area contributed by atoms with Gasteiger partial charge < -0.3 is 0 Å². The van der Waals surface area contributed by atoms with E-state index >= 15 is 0 Å². The number of alkyl halides is 4. The summed E-state index contributed by atoms with van der Waals surface area (Å²) in [6.07, 6.45) is -4.52. The average molecular weight is 398 g/mol. The molecular weight excluding hydrogens is 387 g/mol. The Morgan fingerprint density at radius 1 is 1.12 bits per heavy atom. The fourth-order valence-electron chi connectivity index (χ4n) is 2.41. The first-order chi connectivity index (χ1) is 11.3. The van der Waals surface area contributed by atoms with Gasteiger partial charge in [0.1, 0.15) is 17.0 Å². The molecule has 3 aromatic rings. The van der Waals surface area contributed by atoms with Crippen LogP contribution in [-0.4, -0.2) is 25.6 Å². The number of benzene rings is 1. The third kappa shape index (κ3) is 2.93. The second-order valence-electron chi connectivity index (χ2n) is 5.14. The number of fused-ring (bicyclic) bond motifs is 1. The lowest BCUT2D eigenvalue weighted by molar-refractivity contribution is -0.141. The highest BCUT2D eigenvalue weighted by atomic mass is 79.9. The van der Waals surface area contributed by atoms with Crippen LogP contribution in [0.15, 0.2) is 36.4 Å². The Bertz CT molecular complexity index is 917. The van der Waals surface area contributed by atoms with Crippen LogP contribution >= 0.6 is 15.9 Å². The number of Topliss-reactive ketones (excluding diaryl/α,β-unsaturated/α-hetero) is 1. The van der Waals surface area contributed by atoms with E-state index in [1.54, 1.807) is 31.2 Å². The van der Waals surface area contributed by atoms with Crippen LogP contribution in [0.25, 0.3) is 16.9 Å². The zero-order valence-electron chi connectivity index (χ0n) is 12.4. The molecule has 8 heteroatoms. The summed E-state index contributed by atoms with van der Waals surface area (Å²) in [5, 5.41) is 0.204. The molecule has 1 aromatic carbocycles. The fourth-order valence-corrected chi connectivity index (χ4v) is 2.73. The first-order valence-electron chi connectivity index (χ1n) is 6.94. The highest BCUT2D eigenvalue weighted by molar-refractivity contribution is 9.09. The summed E-state index contributed by atoms with van der Waals surface area (Å²) in [7, 11) is 0. The maximum Gasteiger partial charge on any atom is 0.433 e. The molecule has 124 valence electrons. The van der Waals surface area contributed by atoms with Gasteiger partial charge >= 0.3 is 6.18 Å². The average Bonchev–Trinajstić information content (AvgIpc) is 2.88. The molecule has 0 saturated carbocycles. The molecule has 0 unspecified atom stereocenters. The molecule has 0 saturated heterocycles. The summed E-state index contributed by atoms with van der Waals surface area (Å²) in [4.78, 5) is 19.6. The molecule has 0 amide bonds. The zero-order valence-corrected chi connectivity index (χ0v) is 14.0. The fraction of sp³-hybridized carbons (Fsp3) is 0.188. The number of carbonyl (C=O) groups excluding carboxylic acids is 1. The molecule has 0 N–H and O–H groups in total. The molecule has 0 atom stereocenters. The minimum Gasteiger partial charge on any atom is -0.293 e.